The largest absolute Gasteiger partial charge is 0.472 e. The maximum Gasteiger partial charge on any atom is 0.410 e. The van der Waals surface area contributed by atoms with Crippen molar-refractivity contribution in [1.82, 2.24) is 10.2 Å². The molecule has 1 aromatic rings. The molecule has 2 saturated heterocycles. The van der Waals surface area contributed by atoms with E-state index in [2.05, 4.69) is 5.32 Å². The van der Waals surface area contributed by atoms with Gasteiger partial charge in [0.05, 0.1) is 11.8 Å². The number of nitrogens with zero attached hydrogens (tertiary/aromatic N) is 1. The van der Waals surface area contributed by atoms with Gasteiger partial charge in [-0.2, -0.15) is 0 Å². The van der Waals surface area contributed by atoms with E-state index >= 15 is 0 Å². The van der Waals surface area contributed by atoms with Crippen LogP contribution in [0.25, 0.3) is 0 Å². The van der Waals surface area contributed by atoms with Crippen LogP contribution in [0.15, 0.2) is 23.0 Å². The van der Waals surface area contributed by atoms with E-state index in [1.165, 1.54) is 12.5 Å². The number of carbonyl (C=O) groups is 2. The number of fused-ring (bicyclic) bond motifs is 2. The van der Waals surface area contributed by atoms with Gasteiger partial charge in [-0.05, 0) is 52.5 Å². The van der Waals surface area contributed by atoms with Crippen LogP contribution >= 0.6 is 0 Å². The molecular formula is C17H24N2O4. The van der Waals surface area contributed by atoms with E-state index in [9.17, 15) is 9.59 Å². The smallest absolute Gasteiger partial charge is 0.410 e. The summed E-state index contributed by atoms with van der Waals surface area (Å²) in [5.41, 5.74) is 0.0509. The summed E-state index contributed by atoms with van der Waals surface area (Å²) < 4.78 is 10.5. The van der Waals surface area contributed by atoms with Gasteiger partial charge in [0.15, 0.2) is 0 Å². The Morgan fingerprint density at radius 2 is 1.91 bits per heavy atom. The highest BCUT2D eigenvalue weighted by Gasteiger charge is 2.45. The monoisotopic (exact) mass is 320 g/mol. The first-order chi connectivity index (χ1) is 10.8. The second kappa shape index (κ2) is 5.91. The van der Waals surface area contributed by atoms with Crippen molar-refractivity contribution in [2.24, 2.45) is 0 Å². The molecule has 2 bridgehead atoms. The van der Waals surface area contributed by atoms with Gasteiger partial charge in [-0.3, -0.25) is 4.79 Å². The van der Waals surface area contributed by atoms with E-state index < -0.39 is 5.60 Å². The van der Waals surface area contributed by atoms with Crippen LogP contribution in [0.4, 0.5) is 4.79 Å². The van der Waals surface area contributed by atoms with Crippen LogP contribution in [-0.4, -0.2) is 40.6 Å². The molecule has 1 aromatic heterocycles. The lowest BCUT2D eigenvalue weighted by Gasteiger charge is -2.39. The highest BCUT2D eigenvalue weighted by atomic mass is 16.6. The molecule has 0 aromatic carbocycles. The van der Waals surface area contributed by atoms with E-state index in [1.807, 2.05) is 25.7 Å². The van der Waals surface area contributed by atoms with Crippen molar-refractivity contribution in [1.29, 1.82) is 0 Å². The van der Waals surface area contributed by atoms with Crippen molar-refractivity contribution in [2.45, 2.75) is 70.2 Å². The minimum atomic E-state index is -0.483. The van der Waals surface area contributed by atoms with E-state index in [0.717, 1.165) is 25.7 Å². The molecule has 3 rings (SSSR count). The van der Waals surface area contributed by atoms with Crippen molar-refractivity contribution in [3.05, 3.63) is 24.2 Å². The second-order valence-corrected chi connectivity index (χ2v) is 7.43. The third-order valence-corrected chi connectivity index (χ3v) is 4.46. The van der Waals surface area contributed by atoms with Gasteiger partial charge in [-0.15, -0.1) is 0 Å². The Morgan fingerprint density at radius 3 is 2.43 bits per heavy atom. The minimum Gasteiger partial charge on any atom is -0.472 e. The molecule has 6 nitrogen and oxygen atoms in total. The summed E-state index contributed by atoms with van der Waals surface area (Å²) in [4.78, 5) is 26.4. The number of nitrogens with one attached hydrogen (secondary N) is 1. The molecule has 2 aliphatic heterocycles. The first kappa shape index (κ1) is 15.9. The quantitative estimate of drug-likeness (QED) is 0.909. The van der Waals surface area contributed by atoms with Crippen LogP contribution in [0.2, 0.25) is 0 Å². The summed E-state index contributed by atoms with van der Waals surface area (Å²) in [6.45, 7) is 5.64. The number of carbonyl (C=O) groups excluding carboxylic acids is 2. The predicted molar refractivity (Wildman–Crippen MR) is 84.1 cm³/mol. The molecule has 2 fully saturated rings. The number of amides is 2. The van der Waals surface area contributed by atoms with Gasteiger partial charge in [0.25, 0.3) is 5.91 Å². The highest BCUT2D eigenvalue weighted by Crippen LogP contribution is 2.36. The Labute approximate surface area is 136 Å². The lowest BCUT2D eigenvalue weighted by molar-refractivity contribution is 0.00500. The van der Waals surface area contributed by atoms with Gasteiger partial charge in [0.2, 0.25) is 0 Å². The van der Waals surface area contributed by atoms with Crippen LogP contribution in [0.1, 0.15) is 56.8 Å². The number of ether oxygens (including phenoxy) is 1. The van der Waals surface area contributed by atoms with Crippen molar-refractivity contribution in [2.75, 3.05) is 0 Å². The van der Waals surface area contributed by atoms with Crippen LogP contribution in [-0.2, 0) is 4.74 Å². The topological polar surface area (TPSA) is 71.8 Å². The Hall–Kier alpha value is -1.98. The summed E-state index contributed by atoms with van der Waals surface area (Å²) >= 11 is 0. The third-order valence-electron chi connectivity index (χ3n) is 4.46. The summed E-state index contributed by atoms with van der Waals surface area (Å²) in [5.74, 6) is -0.117. The van der Waals surface area contributed by atoms with Gasteiger partial charge >= 0.3 is 6.09 Å². The van der Waals surface area contributed by atoms with Crippen molar-refractivity contribution >= 4 is 12.0 Å². The molecule has 0 radical (unpaired) electrons. The second-order valence-electron chi connectivity index (χ2n) is 7.43. The van der Waals surface area contributed by atoms with E-state index in [1.54, 1.807) is 6.07 Å². The molecule has 2 amide bonds. The highest BCUT2D eigenvalue weighted by molar-refractivity contribution is 5.94. The summed E-state index contributed by atoms with van der Waals surface area (Å²) in [6, 6.07) is 2.05. The van der Waals surface area contributed by atoms with Crippen LogP contribution in [0, 0.1) is 0 Å². The zero-order chi connectivity index (χ0) is 16.6. The Balaban J connectivity index is 1.61. The van der Waals surface area contributed by atoms with Crippen molar-refractivity contribution < 1.29 is 18.7 Å². The summed E-state index contributed by atoms with van der Waals surface area (Å²) in [7, 11) is 0. The molecule has 126 valence electrons. The molecule has 2 unspecified atom stereocenters. The van der Waals surface area contributed by atoms with Crippen LogP contribution in [0.3, 0.4) is 0 Å². The molecule has 6 heteroatoms. The number of rotatable bonds is 2. The molecule has 2 aliphatic rings. The molecule has 1 N–H and O–H groups in total. The standard InChI is InChI=1S/C17H24N2O4/c1-17(2,3)23-16(21)19-13-4-5-14(19)9-12(8-13)18-15(20)11-6-7-22-10-11/h6-7,10,12-14H,4-5,8-9H2,1-3H3,(H,18,20). The molecule has 2 atom stereocenters. The number of hydrogen-bond acceptors (Lipinski definition) is 4. The summed E-state index contributed by atoms with van der Waals surface area (Å²) in [5, 5.41) is 3.05. The minimum absolute atomic E-state index is 0.0913. The number of hydrogen-bond donors (Lipinski definition) is 1. The third kappa shape index (κ3) is 3.51. The average Bonchev–Trinajstić information content (AvgIpc) is 3.04. The van der Waals surface area contributed by atoms with E-state index in [-0.39, 0.29) is 30.1 Å². The van der Waals surface area contributed by atoms with Crippen molar-refractivity contribution in [3.8, 4) is 0 Å². The zero-order valence-electron chi connectivity index (χ0n) is 13.9. The first-order valence-corrected chi connectivity index (χ1v) is 8.18. The van der Waals surface area contributed by atoms with Gasteiger partial charge in [-0.25, -0.2) is 4.79 Å². The molecule has 0 saturated carbocycles. The average molecular weight is 320 g/mol. The Bertz CT molecular complexity index is 562. The molecule has 3 heterocycles. The first-order valence-electron chi connectivity index (χ1n) is 8.18. The molecular weight excluding hydrogens is 296 g/mol. The molecule has 0 aliphatic carbocycles. The number of piperidine rings is 1. The Morgan fingerprint density at radius 1 is 1.26 bits per heavy atom. The van der Waals surface area contributed by atoms with Crippen molar-refractivity contribution in [3.63, 3.8) is 0 Å². The Kier molecular flexibility index (Phi) is 4.08. The fourth-order valence-electron chi connectivity index (χ4n) is 3.57. The molecule has 0 spiro atoms. The maximum absolute atomic E-state index is 12.4. The van der Waals surface area contributed by atoms with Gasteiger partial charge in [0, 0.05) is 18.1 Å². The summed E-state index contributed by atoms with van der Waals surface area (Å²) in [6.07, 6.45) is 6.20. The van der Waals surface area contributed by atoms with E-state index in [0.29, 0.717) is 5.56 Å². The maximum atomic E-state index is 12.4. The molecule has 23 heavy (non-hydrogen) atoms. The normalized spacial score (nSPS) is 26.9. The fourth-order valence-corrected chi connectivity index (χ4v) is 3.57. The van der Waals surface area contributed by atoms with Gasteiger partial charge in [0.1, 0.15) is 11.9 Å². The zero-order valence-corrected chi connectivity index (χ0v) is 13.9. The van der Waals surface area contributed by atoms with Gasteiger partial charge < -0.3 is 19.4 Å². The number of furan rings is 1. The fraction of sp³-hybridized carbons (Fsp3) is 0.647. The SMILES string of the molecule is CC(C)(C)OC(=O)N1C2CCC1CC(NC(=O)c1ccoc1)C2. The van der Waals surface area contributed by atoms with Crippen LogP contribution in [0.5, 0.6) is 0 Å². The van der Waals surface area contributed by atoms with E-state index in [4.69, 9.17) is 9.15 Å². The predicted octanol–water partition coefficient (Wildman–Crippen LogP) is 2.94. The van der Waals surface area contributed by atoms with Gasteiger partial charge in [-0.1, -0.05) is 0 Å². The lowest BCUT2D eigenvalue weighted by Crippen LogP contribution is -2.53. The lowest BCUT2D eigenvalue weighted by atomic mass is 9.97. The van der Waals surface area contributed by atoms with Crippen LogP contribution < -0.4 is 5.32 Å².